The molecule has 1 aromatic heterocycles. The molecule has 1 aliphatic heterocycles. The molecule has 0 spiro atoms. The second-order valence-corrected chi connectivity index (χ2v) is 8.84. The number of aromatic nitrogens is 2. The van der Waals surface area contributed by atoms with Crippen molar-refractivity contribution in [3.05, 3.63) is 77.9 Å². The molecule has 1 unspecified atom stereocenters. The minimum Gasteiger partial charge on any atom is -0.493 e. The van der Waals surface area contributed by atoms with Crippen molar-refractivity contribution >= 4 is 34.3 Å². The number of alkyl halides is 1. The van der Waals surface area contributed by atoms with Crippen molar-refractivity contribution in [1.29, 1.82) is 0 Å². The third-order valence-corrected chi connectivity index (χ3v) is 6.62. The highest BCUT2D eigenvalue weighted by molar-refractivity contribution is 8.14. The number of benzene rings is 2. The molecule has 2 amide bonds. The van der Waals surface area contributed by atoms with Crippen molar-refractivity contribution in [2.24, 2.45) is 5.10 Å². The molecule has 1 atom stereocenters. The number of carbonyl (C=O) groups is 2. The lowest BCUT2D eigenvalue weighted by atomic mass is 10.0. The lowest BCUT2D eigenvalue weighted by Crippen LogP contribution is -2.34. The molecule has 2 aromatic carbocycles. The Morgan fingerprint density at radius 3 is 2.64 bits per heavy atom. The Bertz CT molecular complexity index is 1260. The Morgan fingerprint density at radius 1 is 1.17 bits per heavy atom. The van der Waals surface area contributed by atoms with Crippen LogP contribution in [-0.4, -0.2) is 51.1 Å². The first-order chi connectivity index (χ1) is 17.5. The minimum atomic E-state index is -0.963. The maximum absolute atomic E-state index is 12.8. The van der Waals surface area contributed by atoms with Gasteiger partial charge in [-0.25, -0.2) is 14.4 Å². The van der Waals surface area contributed by atoms with Crippen LogP contribution in [0.3, 0.4) is 0 Å². The van der Waals surface area contributed by atoms with E-state index < -0.39 is 6.86 Å². The maximum Gasteiger partial charge on any atom is 0.302 e. The summed E-state index contributed by atoms with van der Waals surface area (Å²) in [6.45, 7) is 1.28. The zero-order valence-electron chi connectivity index (χ0n) is 19.7. The molecule has 0 fully saturated rings. The number of nitrogens with zero attached hydrogens (tertiary/aromatic N) is 4. The standard InChI is InChI=1S/C25H24FN5O4S/c1-3-22-23(17-6-9-20(35-15-26)21(12-17)34-2)30-31(25(33)36-22)14-16-4-7-18(8-5-16)29-24(32)19-13-27-10-11-28-19/h4-13,22H,3,14-15H2,1-2H3,(H,29,32). The average molecular weight is 510 g/mol. The number of anilines is 1. The van der Waals surface area contributed by atoms with Gasteiger partial charge < -0.3 is 14.8 Å². The summed E-state index contributed by atoms with van der Waals surface area (Å²) in [5, 5.41) is 8.55. The van der Waals surface area contributed by atoms with Crippen LogP contribution in [0.1, 0.15) is 35.0 Å². The predicted octanol–water partition coefficient (Wildman–Crippen LogP) is 4.90. The Kier molecular flexibility index (Phi) is 8.11. The molecule has 0 radical (unpaired) electrons. The quantitative estimate of drug-likeness (QED) is 0.438. The number of rotatable bonds is 9. The highest BCUT2D eigenvalue weighted by Gasteiger charge is 2.30. The van der Waals surface area contributed by atoms with Crippen LogP contribution < -0.4 is 14.8 Å². The van der Waals surface area contributed by atoms with Gasteiger partial charge in [-0.1, -0.05) is 30.8 Å². The number of amides is 2. The number of hydrazone groups is 1. The first kappa shape index (κ1) is 25.1. The highest BCUT2D eigenvalue weighted by Crippen LogP contribution is 2.34. The van der Waals surface area contributed by atoms with E-state index in [9.17, 15) is 14.0 Å². The Hall–Kier alpha value is -3.99. The fraction of sp³-hybridized carbons (Fsp3) is 0.240. The van der Waals surface area contributed by atoms with Crippen molar-refractivity contribution < 1.29 is 23.5 Å². The summed E-state index contributed by atoms with van der Waals surface area (Å²) in [4.78, 5) is 32.9. The average Bonchev–Trinajstić information content (AvgIpc) is 2.91. The molecule has 3 aromatic rings. The van der Waals surface area contributed by atoms with Crippen molar-refractivity contribution in [2.45, 2.75) is 25.1 Å². The third-order valence-electron chi connectivity index (χ3n) is 5.37. The summed E-state index contributed by atoms with van der Waals surface area (Å²) in [7, 11) is 1.48. The van der Waals surface area contributed by atoms with Gasteiger partial charge in [-0.05, 0) is 42.3 Å². The van der Waals surface area contributed by atoms with Crippen LogP contribution in [0.2, 0.25) is 0 Å². The number of carbonyl (C=O) groups excluding carboxylic acids is 2. The molecule has 1 aliphatic rings. The predicted molar refractivity (Wildman–Crippen MR) is 135 cm³/mol. The van der Waals surface area contributed by atoms with Crippen LogP contribution in [0, 0.1) is 0 Å². The fourth-order valence-corrected chi connectivity index (χ4v) is 4.51. The Balaban J connectivity index is 1.52. The van der Waals surface area contributed by atoms with Gasteiger partial charge in [0.1, 0.15) is 5.69 Å². The van der Waals surface area contributed by atoms with Gasteiger partial charge in [0, 0.05) is 23.6 Å². The van der Waals surface area contributed by atoms with Crippen LogP contribution in [0.5, 0.6) is 11.5 Å². The molecule has 1 N–H and O–H groups in total. The van der Waals surface area contributed by atoms with Gasteiger partial charge in [0.15, 0.2) is 11.5 Å². The fourth-order valence-electron chi connectivity index (χ4n) is 3.58. The topological polar surface area (TPSA) is 106 Å². The van der Waals surface area contributed by atoms with Crippen molar-refractivity contribution in [3.8, 4) is 11.5 Å². The van der Waals surface area contributed by atoms with Crippen molar-refractivity contribution in [1.82, 2.24) is 15.0 Å². The summed E-state index contributed by atoms with van der Waals surface area (Å²) < 4.78 is 23.0. The third kappa shape index (κ3) is 5.80. The van der Waals surface area contributed by atoms with Gasteiger partial charge in [-0.15, -0.1) is 0 Å². The molecule has 0 saturated heterocycles. The second-order valence-electron chi connectivity index (χ2n) is 7.68. The first-order valence-electron chi connectivity index (χ1n) is 11.1. The number of halogens is 1. The Labute approximate surface area is 211 Å². The smallest absolute Gasteiger partial charge is 0.302 e. The van der Waals surface area contributed by atoms with E-state index in [0.29, 0.717) is 23.6 Å². The zero-order valence-corrected chi connectivity index (χ0v) is 20.5. The summed E-state index contributed by atoms with van der Waals surface area (Å²) >= 11 is 1.21. The number of hydrogen-bond acceptors (Lipinski definition) is 8. The van der Waals surface area contributed by atoms with Crippen LogP contribution in [0.15, 0.2) is 66.2 Å². The van der Waals surface area contributed by atoms with Gasteiger partial charge in [0.05, 0.1) is 30.8 Å². The minimum absolute atomic E-state index is 0.134. The zero-order chi connectivity index (χ0) is 25.5. The molecular formula is C25H24FN5O4S. The maximum atomic E-state index is 12.8. The number of nitrogens with one attached hydrogen (secondary N) is 1. The normalized spacial score (nSPS) is 15.3. The van der Waals surface area contributed by atoms with E-state index >= 15 is 0 Å². The van der Waals surface area contributed by atoms with Gasteiger partial charge in [-0.3, -0.25) is 14.6 Å². The SMILES string of the molecule is CCC1SC(=O)N(Cc2ccc(NC(=O)c3cnccn3)cc2)N=C1c1ccc(OCF)c(OC)c1. The second kappa shape index (κ2) is 11.6. The molecule has 0 saturated carbocycles. The van der Waals surface area contributed by atoms with Crippen LogP contribution in [0.4, 0.5) is 14.9 Å². The van der Waals surface area contributed by atoms with E-state index in [0.717, 1.165) is 16.8 Å². The monoisotopic (exact) mass is 509 g/mol. The largest absolute Gasteiger partial charge is 0.493 e. The van der Waals surface area contributed by atoms with Gasteiger partial charge in [-0.2, -0.15) is 5.10 Å². The van der Waals surface area contributed by atoms with Crippen LogP contribution >= 0.6 is 11.8 Å². The van der Waals surface area contributed by atoms with Crippen molar-refractivity contribution in [3.63, 3.8) is 0 Å². The molecule has 9 nitrogen and oxygen atoms in total. The van der Waals surface area contributed by atoms with E-state index in [-0.39, 0.29) is 28.6 Å². The molecule has 11 heteroatoms. The molecule has 186 valence electrons. The number of hydrogen-bond donors (Lipinski definition) is 1. The van der Waals surface area contributed by atoms with E-state index in [1.54, 1.807) is 30.3 Å². The summed E-state index contributed by atoms with van der Waals surface area (Å²) in [5.74, 6) is 0.312. The summed E-state index contributed by atoms with van der Waals surface area (Å²) in [6, 6.07) is 12.3. The Morgan fingerprint density at radius 2 is 1.97 bits per heavy atom. The van der Waals surface area contributed by atoms with Crippen molar-refractivity contribution in [2.75, 3.05) is 19.3 Å². The van der Waals surface area contributed by atoms with Crippen LogP contribution in [-0.2, 0) is 6.54 Å². The molecule has 4 rings (SSSR count). The lowest BCUT2D eigenvalue weighted by molar-refractivity contribution is 0.102. The van der Waals surface area contributed by atoms with Gasteiger partial charge >= 0.3 is 5.24 Å². The van der Waals surface area contributed by atoms with Crippen LogP contribution in [0.25, 0.3) is 0 Å². The van der Waals surface area contributed by atoms with E-state index in [4.69, 9.17) is 9.47 Å². The molecule has 36 heavy (non-hydrogen) atoms. The lowest BCUT2D eigenvalue weighted by Gasteiger charge is -2.28. The molecule has 0 aliphatic carbocycles. The molecular weight excluding hydrogens is 485 g/mol. The highest BCUT2D eigenvalue weighted by atomic mass is 32.2. The number of ether oxygens (including phenoxy) is 2. The van der Waals surface area contributed by atoms with E-state index in [2.05, 4.69) is 20.4 Å². The van der Waals surface area contributed by atoms with E-state index in [1.807, 2.05) is 19.1 Å². The summed E-state index contributed by atoms with van der Waals surface area (Å²) in [6.07, 6.45) is 5.04. The van der Waals surface area contributed by atoms with E-state index in [1.165, 1.54) is 42.5 Å². The number of thioether (sulfide) groups is 1. The van der Waals surface area contributed by atoms with Gasteiger partial charge in [0.2, 0.25) is 6.86 Å². The number of methoxy groups -OCH3 is 1. The molecule has 2 heterocycles. The summed E-state index contributed by atoms with van der Waals surface area (Å²) in [5.41, 5.74) is 3.12. The molecule has 0 bridgehead atoms. The first-order valence-corrected chi connectivity index (χ1v) is 12.0. The van der Waals surface area contributed by atoms with Gasteiger partial charge in [0.25, 0.3) is 5.91 Å².